The third kappa shape index (κ3) is 3.06. The fourth-order valence-corrected chi connectivity index (χ4v) is 11.2. The Hall–Kier alpha value is -2.62. The predicted octanol–water partition coefficient (Wildman–Crippen LogP) is 3.91. The Morgan fingerprint density at radius 3 is 0.966 bits per heavy atom. The van der Waals surface area contributed by atoms with Crippen molar-refractivity contribution in [2.75, 3.05) is 0 Å². The Morgan fingerprint density at radius 2 is 0.759 bits per heavy atom. The first-order valence-corrected chi connectivity index (χ1v) is 12.4. The molecule has 1 atom stereocenters. The van der Waals surface area contributed by atoms with Crippen LogP contribution < -0.4 is 21.2 Å². The summed E-state index contributed by atoms with van der Waals surface area (Å²) in [5.74, 6) is 0. The Bertz CT molecular complexity index is 934. The van der Waals surface area contributed by atoms with E-state index in [1.54, 1.807) is 0 Å². The molecule has 0 radical (unpaired) electrons. The monoisotopic (exact) mass is 420 g/mol. The van der Waals surface area contributed by atoms with Gasteiger partial charge in [0.25, 0.3) is 0 Å². The van der Waals surface area contributed by atoms with Crippen molar-refractivity contribution in [1.29, 1.82) is 0 Å². The van der Waals surface area contributed by atoms with E-state index in [1.807, 2.05) is 121 Å². The molecule has 0 aliphatic carbocycles. The van der Waals surface area contributed by atoms with E-state index in [9.17, 15) is 8.76 Å². The van der Waals surface area contributed by atoms with Gasteiger partial charge in [0.2, 0.25) is 0 Å². The average Bonchev–Trinajstić information content (AvgIpc) is 2.80. The zero-order chi connectivity index (χ0) is 20.2. The van der Waals surface area contributed by atoms with Gasteiger partial charge in [-0.2, -0.15) is 0 Å². The predicted molar refractivity (Wildman–Crippen MR) is 123 cm³/mol. The Morgan fingerprint density at radius 1 is 0.517 bits per heavy atom. The van der Waals surface area contributed by atoms with Crippen molar-refractivity contribution in [3.8, 4) is 0 Å². The topological polar surface area (TPSA) is 46.5 Å². The zero-order valence-corrected chi connectivity index (χ0v) is 17.4. The van der Waals surface area contributed by atoms with Crippen molar-refractivity contribution in [2.24, 2.45) is 0 Å². The van der Waals surface area contributed by atoms with Crippen molar-refractivity contribution >= 4 is 39.4 Å². The van der Waals surface area contributed by atoms with Crippen LogP contribution in [-0.2, 0) is 15.3 Å². The van der Waals surface area contributed by atoms with Crippen LogP contribution in [0.5, 0.6) is 0 Å². The standard InChI is InChI=1S/C24H21O3PS/c25-29(26)27-28(21-13-5-1-6-14-21,22-15-7-2-8-16-22,23-17-9-3-10-18-23)24-19-11-4-12-20-24/h1-20H,(H,25,26). The molecule has 146 valence electrons. The van der Waals surface area contributed by atoms with E-state index in [1.165, 1.54) is 0 Å². The first-order valence-electron chi connectivity index (χ1n) is 9.24. The van der Waals surface area contributed by atoms with Gasteiger partial charge in [-0.15, -0.1) is 0 Å². The second kappa shape index (κ2) is 8.02. The second-order valence-electron chi connectivity index (χ2n) is 6.67. The molecule has 0 fully saturated rings. The fourth-order valence-electron chi connectivity index (χ4n) is 4.04. The van der Waals surface area contributed by atoms with E-state index < -0.39 is 18.2 Å². The molecule has 0 aliphatic heterocycles. The van der Waals surface area contributed by atoms with E-state index in [2.05, 4.69) is 0 Å². The van der Waals surface area contributed by atoms with E-state index in [0.29, 0.717) is 0 Å². The molecular formula is C24H21O3PS. The van der Waals surface area contributed by atoms with Gasteiger partial charge in [-0.25, -0.2) is 0 Å². The van der Waals surface area contributed by atoms with E-state index in [0.717, 1.165) is 21.2 Å². The molecule has 4 aromatic rings. The van der Waals surface area contributed by atoms with Crippen molar-refractivity contribution in [3.63, 3.8) is 0 Å². The molecule has 4 rings (SSSR count). The van der Waals surface area contributed by atoms with Gasteiger partial charge in [0, 0.05) is 0 Å². The molecule has 1 unspecified atom stereocenters. The summed E-state index contributed by atoms with van der Waals surface area (Å²) < 4.78 is 28.9. The van der Waals surface area contributed by atoms with Gasteiger partial charge in [-0.1, -0.05) is 0 Å². The van der Waals surface area contributed by atoms with Crippen LogP contribution in [0.15, 0.2) is 121 Å². The summed E-state index contributed by atoms with van der Waals surface area (Å²) >= 11 is -2.52. The van der Waals surface area contributed by atoms with Crippen LogP contribution >= 0.6 is 6.83 Å². The number of hydrogen-bond acceptors (Lipinski definition) is 2. The van der Waals surface area contributed by atoms with Gasteiger partial charge in [-0.05, 0) is 0 Å². The Kier molecular flexibility index (Phi) is 5.44. The summed E-state index contributed by atoms with van der Waals surface area (Å²) in [5, 5.41) is 3.46. The van der Waals surface area contributed by atoms with Crippen LogP contribution in [0.1, 0.15) is 0 Å². The maximum atomic E-state index is 12.4. The normalized spacial score (nSPS) is 13.9. The zero-order valence-electron chi connectivity index (χ0n) is 15.7. The van der Waals surface area contributed by atoms with Crippen molar-refractivity contribution < 1.29 is 12.7 Å². The van der Waals surface area contributed by atoms with Crippen molar-refractivity contribution in [3.05, 3.63) is 121 Å². The quantitative estimate of drug-likeness (QED) is 0.380. The first-order chi connectivity index (χ1) is 14.2. The molecule has 0 aliphatic rings. The van der Waals surface area contributed by atoms with Gasteiger partial charge in [0.15, 0.2) is 0 Å². The molecule has 0 amide bonds. The molecule has 29 heavy (non-hydrogen) atoms. The van der Waals surface area contributed by atoms with Crippen molar-refractivity contribution in [1.82, 2.24) is 0 Å². The molecular weight excluding hydrogens is 399 g/mol. The van der Waals surface area contributed by atoms with Crippen LogP contribution in [0.25, 0.3) is 0 Å². The van der Waals surface area contributed by atoms with E-state index >= 15 is 0 Å². The second-order valence-corrected chi connectivity index (χ2v) is 11.8. The number of benzene rings is 4. The SMILES string of the molecule is O=S(O)OP(c1ccccc1)(c1ccccc1)(c1ccccc1)c1ccccc1. The van der Waals surface area contributed by atoms with Crippen LogP contribution in [0.4, 0.5) is 0 Å². The van der Waals surface area contributed by atoms with Crippen LogP contribution in [0, 0.1) is 0 Å². The van der Waals surface area contributed by atoms with Crippen molar-refractivity contribution in [2.45, 2.75) is 0 Å². The Labute approximate surface area is 173 Å². The molecule has 1 N–H and O–H groups in total. The third-order valence-corrected chi connectivity index (χ3v) is 12.0. The fraction of sp³-hybridized carbons (Fsp3) is 0. The summed E-state index contributed by atoms with van der Waals surface area (Å²) in [4.78, 5) is 0. The molecule has 0 bridgehead atoms. The maximum absolute atomic E-state index is 12.4. The minimum absolute atomic E-state index is 0.865. The summed E-state index contributed by atoms with van der Waals surface area (Å²) in [6.45, 7) is -3.99. The summed E-state index contributed by atoms with van der Waals surface area (Å²) in [6.07, 6.45) is 0. The number of hydrogen-bond donors (Lipinski definition) is 1. The molecule has 0 spiro atoms. The summed E-state index contributed by atoms with van der Waals surface area (Å²) in [6, 6.07) is 39.1. The first kappa shape index (κ1) is 19.7. The average molecular weight is 420 g/mol. The number of rotatable bonds is 6. The molecule has 0 saturated carbocycles. The van der Waals surface area contributed by atoms with Gasteiger partial charge in [-0.3, -0.25) is 0 Å². The van der Waals surface area contributed by atoms with Crippen LogP contribution in [0.2, 0.25) is 0 Å². The van der Waals surface area contributed by atoms with Gasteiger partial charge in [0.05, 0.1) is 0 Å². The Balaban J connectivity index is 2.31. The van der Waals surface area contributed by atoms with E-state index in [4.69, 9.17) is 3.97 Å². The molecule has 5 heteroatoms. The molecule has 0 aromatic heterocycles. The summed E-state index contributed by atoms with van der Waals surface area (Å²) in [7, 11) is 0. The van der Waals surface area contributed by atoms with E-state index in [-0.39, 0.29) is 0 Å². The van der Waals surface area contributed by atoms with Gasteiger partial charge in [0.1, 0.15) is 0 Å². The van der Waals surface area contributed by atoms with Crippen LogP contribution in [0.3, 0.4) is 0 Å². The third-order valence-electron chi connectivity index (χ3n) is 5.21. The van der Waals surface area contributed by atoms with Crippen LogP contribution in [-0.4, -0.2) is 8.76 Å². The van der Waals surface area contributed by atoms with Gasteiger partial charge < -0.3 is 0 Å². The molecule has 4 aromatic carbocycles. The van der Waals surface area contributed by atoms with Gasteiger partial charge >= 0.3 is 173 Å². The summed E-state index contributed by atoms with van der Waals surface area (Å²) in [5.41, 5.74) is 0. The molecule has 3 nitrogen and oxygen atoms in total. The molecule has 0 saturated heterocycles. The minimum atomic E-state index is -3.99. The molecule has 0 heterocycles.